The van der Waals surface area contributed by atoms with Crippen molar-refractivity contribution in [3.05, 3.63) is 24.3 Å². The van der Waals surface area contributed by atoms with Crippen LogP contribution in [-0.4, -0.2) is 34.4 Å². The average Bonchev–Trinajstić information content (AvgIpc) is 2.38. The molecule has 0 bridgehead atoms. The largest absolute Gasteiger partial charge is 0.495 e. The van der Waals surface area contributed by atoms with E-state index in [0.29, 0.717) is 12.2 Å². The fourth-order valence-corrected chi connectivity index (χ4v) is 3.16. The fourth-order valence-electron chi connectivity index (χ4n) is 1.67. The highest BCUT2D eigenvalue weighted by Gasteiger charge is 2.18. The summed E-state index contributed by atoms with van der Waals surface area (Å²) >= 11 is 0. The van der Waals surface area contributed by atoms with Gasteiger partial charge in [0.2, 0.25) is 0 Å². The van der Waals surface area contributed by atoms with Gasteiger partial charge in [0.15, 0.2) is 9.84 Å². The Kier molecular flexibility index (Phi) is 6.15. The SMILES string of the molecule is CCCNCCCS(=O)(=O)c1ccccc1OC. The van der Waals surface area contributed by atoms with Crippen LogP contribution in [0.15, 0.2) is 29.2 Å². The molecule has 1 rings (SSSR count). The summed E-state index contributed by atoms with van der Waals surface area (Å²) < 4.78 is 29.4. The Hall–Kier alpha value is -1.07. The number of rotatable bonds is 8. The van der Waals surface area contributed by atoms with Crippen LogP contribution < -0.4 is 10.1 Å². The highest BCUT2D eigenvalue weighted by atomic mass is 32.2. The van der Waals surface area contributed by atoms with Crippen molar-refractivity contribution in [3.63, 3.8) is 0 Å². The van der Waals surface area contributed by atoms with E-state index >= 15 is 0 Å². The maximum atomic E-state index is 12.1. The van der Waals surface area contributed by atoms with E-state index in [0.717, 1.165) is 19.5 Å². The number of methoxy groups -OCH3 is 1. The lowest BCUT2D eigenvalue weighted by atomic mass is 10.3. The van der Waals surface area contributed by atoms with Gasteiger partial charge in [0.05, 0.1) is 12.9 Å². The van der Waals surface area contributed by atoms with Crippen LogP contribution in [0.3, 0.4) is 0 Å². The predicted molar refractivity (Wildman–Crippen MR) is 72.8 cm³/mol. The molecule has 0 spiro atoms. The third-order valence-corrected chi connectivity index (χ3v) is 4.43. The Morgan fingerprint density at radius 2 is 1.94 bits per heavy atom. The van der Waals surface area contributed by atoms with Gasteiger partial charge in [-0.25, -0.2) is 8.42 Å². The van der Waals surface area contributed by atoms with E-state index in [1.807, 2.05) is 0 Å². The highest BCUT2D eigenvalue weighted by Crippen LogP contribution is 2.24. The number of benzene rings is 1. The molecule has 0 atom stereocenters. The van der Waals surface area contributed by atoms with Crippen LogP contribution in [0, 0.1) is 0 Å². The molecule has 0 aliphatic rings. The first-order valence-electron chi connectivity index (χ1n) is 6.18. The van der Waals surface area contributed by atoms with E-state index < -0.39 is 9.84 Å². The molecule has 4 nitrogen and oxygen atoms in total. The van der Waals surface area contributed by atoms with Crippen molar-refractivity contribution in [3.8, 4) is 5.75 Å². The van der Waals surface area contributed by atoms with Gasteiger partial charge in [0.25, 0.3) is 0 Å². The maximum absolute atomic E-state index is 12.1. The van der Waals surface area contributed by atoms with E-state index in [-0.39, 0.29) is 10.6 Å². The number of ether oxygens (including phenoxy) is 1. The van der Waals surface area contributed by atoms with Crippen LogP contribution in [0.4, 0.5) is 0 Å². The van der Waals surface area contributed by atoms with Gasteiger partial charge in [-0.3, -0.25) is 0 Å². The van der Waals surface area contributed by atoms with E-state index in [1.54, 1.807) is 24.3 Å². The van der Waals surface area contributed by atoms with E-state index in [1.165, 1.54) is 7.11 Å². The number of sulfone groups is 1. The van der Waals surface area contributed by atoms with Gasteiger partial charge in [-0.05, 0) is 38.1 Å². The molecular weight excluding hydrogens is 250 g/mol. The number of para-hydroxylation sites is 1. The van der Waals surface area contributed by atoms with E-state index in [2.05, 4.69) is 12.2 Å². The molecule has 0 fully saturated rings. The molecule has 0 saturated carbocycles. The van der Waals surface area contributed by atoms with Crippen molar-refractivity contribution in [2.75, 3.05) is 26.0 Å². The second kappa shape index (κ2) is 7.38. The normalized spacial score (nSPS) is 11.4. The maximum Gasteiger partial charge on any atom is 0.182 e. The summed E-state index contributed by atoms with van der Waals surface area (Å²) in [4.78, 5) is 0.281. The Balaban J connectivity index is 2.63. The zero-order chi connectivity index (χ0) is 13.4. The Labute approximate surface area is 109 Å². The van der Waals surface area contributed by atoms with Crippen molar-refractivity contribution >= 4 is 9.84 Å². The molecule has 18 heavy (non-hydrogen) atoms. The van der Waals surface area contributed by atoms with Crippen molar-refractivity contribution in [2.24, 2.45) is 0 Å². The molecule has 5 heteroatoms. The molecule has 0 amide bonds. The van der Waals surface area contributed by atoms with Crippen molar-refractivity contribution in [1.82, 2.24) is 5.32 Å². The lowest BCUT2D eigenvalue weighted by Gasteiger charge is -2.09. The summed E-state index contributed by atoms with van der Waals surface area (Å²) in [7, 11) is -1.77. The molecule has 102 valence electrons. The summed E-state index contributed by atoms with van der Waals surface area (Å²) in [6.07, 6.45) is 1.67. The molecular formula is C13H21NO3S. The molecule has 0 aliphatic heterocycles. The average molecular weight is 271 g/mol. The van der Waals surface area contributed by atoms with Crippen LogP contribution in [0.25, 0.3) is 0 Å². The van der Waals surface area contributed by atoms with Crippen LogP contribution in [0.5, 0.6) is 5.75 Å². The molecule has 0 radical (unpaired) electrons. The monoisotopic (exact) mass is 271 g/mol. The minimum absolute atomic E-state index is 0.143. The lowest BCUT2D eigenvalue weighted by Crippen LogP contribution is -2.19. The number of hydrogen-bond donors (Lipinski definition) is 1. The minimum Gasteiger partial charge on any atom is -0.495 e. The molecule has 0 aromatic heterocycles. The number of hydrogen-bond acceptors (Lipinski definition) is 4. The van der Waals surface area contributed by atoms with Crippen LogP contribution >= 0.6 is 0 Å². The van der Waals surface area contributed by atoms with Crippen molar-refractivity contribution < 1.29 is 13.2 Å². The second-order valence-electron chi connectivity index (χ2n) is 4.07. The summed E-state index contributed by atoms with van der Waals surface area (Å²) in [5.41, 5.74) is 0. The lowest BCUT2D eigenvalue weighted by molar-refractivity contribution is 0.402. The number of nitrogens with one attached hydrogen (secondary N) is 1. The van der Waals surface area contributed by atoms with Crippen LogP contribution in [0.2, 0.25) is 0 Å². The summed E-state index contributed by atoms with van der Waals surface area (Å²) in [5, 5.41) is 3.19. The van der Waals surface area contributed by atoms with Gasteiger partial charge in [-0.1, -0.05) is 19.1 Å². The smallest absolute Gasteiger partial charge is 0.182 e. The standard InChI is InChI=1S/C13H21NO3S/c1-3-9-14-10-6-11-18(15,16)13-8-5-4-7-12(13)17-2/h4-5,7-8,14H,3,6,9-11H2,1-2H3. The van der Waals surface area contributed by atoms with E-state index in [4.69, 9.17) is 4.74 Å². The summed E-state index contributed by atoms with van der Waals surface area (Å²) in [5.74, 6) is 0.559. The fraction of sp³-hybridized carbons (Fsp3) is 0.538. The second-order valence-corrected chi connectivity index (χ2v) is 6.15. The Bertz CT molecular complexity index is 457. The molecule has 0 heterocycles. The van der Waals surface area contributed by atoms with Gasteiger partial charge in [0, 0.05) is 0 Å². The summed E-state index contributed by atoms with van der Waals surface area (Å²) in [6, 6.07) is 6.74. The van der Waals surface area contributed by atoms with Gasteiger partial charge >= 0.3 is 0 Å². The van der Waals surface area contributed by atoms with Gasteiger partial charge < -0.3 is 10.1 Å². The first-order valence-corrected chi connectivity index (χ1v) is 7.83. The molecule has 0 saturated heterocycles. The van der Waals surface area contributed by atoms with Gasteiger partial charge in [-0.15, -0.1) is 0 Å². The zero-order valence-corrected chi connectivity index (χ0v) is 11.8. The minimum atomic E-state index is -3.26. The summed E-state index contributed by atoms with van der Waals surface area (Å²) in [6.45, 7) is 3.73. The van der Waals surface area contributed by atoms with Gasteiger partial charge in [-0.2, -0.15) is 0 Å². The molecule has 1 aromatic rings. The Morgan fingerprint density at radius 1 is 1.22 bits per heavy atom. The first kappa shape index (κ1) is 15.0. The quantitative estimate of drug-likeness (QED) is 0.733. The Morgan fingerprint density at radius 3 is 2.61 bits per heavy atom. The third kappa shape index (κ3) is 4.31. The van der Waals surface area contributed by atoms with Crippen LogP contribution in [-0.2, 0) is 9.84 Å². The van der Waals surface area contributed by atoms with Crippen molar-refractivity contribution in [1.29, 1.82) is 0 Å². The van der Waals surface area contributed by atoms with Crippen LogP contribution in [0.1, 0.15) is 19.8 Å². The molecule has 1 aromatic carbocycles. The first-order chi connectivity index (χ1) is 8.61. The molecule has 1 N–H and O–H groups in total. The highest BCUT2D eigenvalue weighted by molar-refractivity contribution is 7.91. The van der Waals surface area contributed by atoms with Crippen molar-refractivity contribution in [2.45, 2.75) is 24.7 Å². The zero-order valence-electron chi connectivity index (χ0n) is 11.0. The molecule has 0 aliphatic carbocycles. The predicted octanol–water partition coefficient (Wildman–Crippen LogP) is 1.86. The third-order valence-electron chi connectivity index (χ3n) is 2.60. The van der Waals surface area contributed by atoms with E-state index in [9.17, 15) is 8.42 Å². The molecule has 0 unspecified atom stereocenters. The topological polar surface area (TPSA) is 55.4 Å². The van der Waals surface area contributed by atoms with Gasteiger partial charge in [0.1, 0.15) is 10.6 Å².